The highest BCUT2D eigenvalue weighted by Crippen LogP contribution is 2.25. The molecule has 4 nitrogen and oxygen atoms in total. The number of benzene rings is 1. The largest absolute Gasteiger partial charge is 0.497 e. The maximum Gasteiger partial charge on any atom is 0.322 e. The van der Waals surface area contributed by atoms with Crippen LogP contribution in [0.5, 0.6) is 5.75 Å². The molecule has 0 unspecified atom stereocenters. The summed E-state index contributed by atoms with van der Waals surface area (Å²) in [5, 5.41) is 3.03. The Hall–Kier alpha value is -1.97. The zero-order chi connectivity index (χ0) is 15.9. The monoisotopic (exact) mass is 302 g/mol. The van der Waals surface area contributed by atoms with Crippen molar-refractivity contribution < 1.29 is 9.53 Å². The molecule has 0 spiro atoms. The number of nitrogens with zero attached hydrogens (tertiary/aromatic N) is 1. The molecule has 0 atom stereocenters. The number of hydrogen-bond acceptors (Lipinski definition) is 2. The van der Waals surface area contributed by atoms with Gasteiger partial charge < -0.3 is 15.0 Å². The first-order valence-electron chi connectivity index (χ1n) is 7.99. The van der Waals surface area contributed by atoms with E-state index in [1.807, 2.05) is 30.0 Å². The lowest BCUT2D eigenvalue weighted by Gasteiger charge is -2.33. The lowest BCUT2D eigenvalue weighted by Crippen LogP contribution is -2.44. The zero-order valence-electron chi connectivity index (χ0n) is 13.6. The smallest absolute Gasteiger partial charge is 0.322 e. The summed E-state index contributed by atoms with van der Waals surface area (Å²) in [4.78, 5) is 14.6. The first-order valence-corrected chi connectivity index (χ1v) is 7.99. The van der Waals surface area contributed by atoms with Crippen molar-refractivity contribution in [1.82, 2.24) is 4.90 Å². The molecule has 1 N–H and O–H groups in total. The van der Waals surface area contributed by atoms with Gasteiger partial charge in [-0.25, -0.2) is 4.79 Å². The van der Waals surface area contributed by atoms with Crippen LogP contribution >= 0.6 is 0 Å². The summed E-state index contributed by atoms with van der Waals surface area (Å²) in [6.45, 7) is 6.34. The molecule has 4 heteroatoms. The van der Waals surface area contributed by atoms with Gasteiger partial charge in [-0.1, -0.05) is 25.3 Å². The van der Waals surface area contributed by atoms with Crippen LogP contribution in [0.1, 0.15) is 37.7 Å². The Morgan fingerprint density at radius 1 is 1.41 bits per heavy atom. The average molecular weight is 302 g/mol. The van der Waals surface area contributed by atoms with Gasteiger partial charge in [-0.3, -0.25) is 0 Å². The lowest BCUT2D eigenvalue weighted by atomic mass is 9.94. The van der Waals surface area contributed by atoms with E-state index < -0.39 is 0 Å². The molecule has 0 aromatic heterocycles. The van der Waals surface area contributed by atoms with Gasteiger partial charge in [0.15, 0.2) is 0 Å². The summed E-state index contributed by atoms with van der Waals surface area (Å²) in [7, 11) is 1.64. The van der Waals surface area contributed by atoms with Crippen LogP contribution in [0.25, 0.3) is 0 Å². The van der Waals surface area contributed by atoms with Crippen LogP contribution in [0, 0.1) is 6.92 Å². The molecule has 0 saturated heterocycles. The Labute approximate surface area is 133 Å². The number of urea groups is 1. The molecule has 0 heterocycles. The minimum atomic E-state index is -0.0416. The molecule has 1 saturated carbocycles. The third-order valence-corrected chi connectivity index (χ3v) is 4.28. The molecule has 2 amide bonds. The summed E-state index contributed by atoms with van der Waals surface area (Å²) in [6, 6.07) is 5.96. The van der Waals surface area contributed by atoms with Crippen molar-refractivity contribution in [3.05, 3.63) is 36.4 Å². The van der Waals surface area contributed by atoms with Crippen LogP contribution in [0.15, 0.2) is 30.9 Å². The van der Waals surface area contributed by atoms with Gasteiger partial charge in [0.05, 0.1) is 7.11 Å². The molecule has 0 bridgehead atoms. The Morgan fingerprint density at radius 3 is 2.73 bits per heavy atom. The van der Waals surface area contributed by atoms with Gasteiger partial charge >= 0.3 is 6.03 Å². The van der Waals surface area contributed by atoms with E-state index in [0.717, 1.165) is 29.8 Å². The minimum Gasteiger partial charge on any atom is -0.497 e. The van der Waals surface area contributed by atoms with Crippen molar-refractivity contribution in [3.8, 4) is 5.75 Å². The maximum atomic E-state index is 12.6. The van der Waals surface area contributed by atoms with Gasteiger partial charge in [0.25, 0.3) is 0 Å². The van der Waals surface area contributed by atoms with E-state index in [1.54, 1.807) is 13.2 Å². The molecule has 1 aromatic carbocycles. The second-order valence-electron chi connectivity index (χ2n) is 5.84. The molecule has 1 fully saturated rings. The zero-order valence-corrected chi connectivity index (χ0v) is 13.6. The standard InChI is InChI=1S/C18H26N2O2/c1-4-12-20(15-8-6-5-7-9-15)18(21)19-17-11-10-16(22-3)13-14(17)2/h4,10-11,13,15H,1,5-9,12H2,2-3H3,(H,19,21). The highest BCUT2D eigenvalue weighted by atomic mass is 16.5. The van der Waals surface area contributed by atoms with Gasteiger partial charge in [0.2, 0.25) is 0 Å². The van der Waals surface area contributed by atoms with Gasteiger partial charge in [-0.2, -0.15) is 0 Å². The number of amides is 2. The number of methoxy groups -OCH3 is 1. The van der Waals surface area contributed by atoms with Crippen LogP contribution in [0.3, 0.4) is 0 Å². The molecular weight excluding hydrogens is 276 g/mol. The molecule has 120 valence electrons. The Balaban J connectivity index is 2.08. The molecule has 1 aliphatic carbocycles. The number of carbonyl (C=O) groups is 1. The Morgan fingerprint density at radius 2 is 2.14 bits per heavy atom. The van der Waals surface area contributed by atoms with E-state index >= 15 is 0 Å². The first kappa shape index (κ1) is 16.4. The molecule has 0 aliphatic heterocycles. The van der Waals surface area contributed by atoms with E-state index in [4.69, 9.17) is 4.74 Å². The molecular formula is C18H26N2O2. The molecule has 0 radical (unpaired) electrons. The Kier molecular flexibility index (Phi) is 5.87. The molecule has 2 rings (SSSR count). The molecule has 1 aliphatic rings. The van der Waals surface area contributed by atoms with Gasteiger partial charge in [-0.05, 0) is 43.5 Å². The maximum absolute atomic E-state index is 12.6. The van der Waals surface area contributed by atoms with Crippen LogP contribution < -0.4 is 10.1 Å². The minimum absolute atomic E-state index is 0.0416. The fourth-order valence-electron chi connectivity index (χ4n) is 3.02. The fraction of sp³-hybridized carbons (Fsp3) is 0.500. The summed E-state index contributed by atoms with van der Waals surface area (Å²) in [5.41, 5.74) is 1.82. The summed E-state index contributed by atoms with van der Waals surface area (Å²) in [6.07, 6.45) is 7.65. The topological polar surface area (TPSA) is 41.6 Å². The van der Waals surface area contributed by atoms with Crippen LogP contribution in [-0.4, -0.2) is 30.6 Å². The summed E-state index contributed by atoms with van der Waals surface area (Å²) >= 11 is 0. The van der Waals surface area contributed by atoms with Gasteiger partial charge in [-0.15, -0.1) is 6.58 Å². The van der Waals surface area contributed by atoms with Gasteiger partial charge in [0, 0.05) is 18.3 Å². The van der Waals surface area contributed by atoms with E-state index in [-0.39, 0.29) is 6.03 Å². The predicted octanol–water partition coefficient (Wildman–Crippen LogP) is 4.36. The van der Waals surface area contributed by atoms with E-state index in [9.17, 15) is 4.79 Å². The number of aryl methyl sites for hydroxylation is 1. The van der Waals surface area contributed by atoms with Gasteiger partial charge in [0.1, 0.15) is 5.75 Å². The van der Waals surface area contributed by atoms with Crippen molar-refractivity contribution in [1.29, 1.82) is 0 Å². The number of anilines is 1. The van der Waals surface area contributed by atoms with Crippen LogP contribution in [0.2, 0.25) is 0 Å². The number of carbonyl (C=O) groups excluding carboxylic acids is 1. The average Bonchev–Trinajstić information content (AvgIpc) is 2.55. The van der Waals surface area contributed by atoms with Crippen molar-refractivity contribution >= 4 is 11.7 Å². The normalized spacial score (nSPS) is 15.2. The van der Waals surface area contributed by atoms with Crippen molar-refractivity contribution in [3.63, 3.8) is 0 Å². The van der Waals surface area contributed by atoms with E-state index in [0.29, 0.717) is 12.6 Å². The highest BCUT2D eigenvalue weighted by Gasteiger charge is 2.24. The van der Waals surface area contributed by atoms with Crippen molar-refractivity contribution in [2.24, 2.45) is 0 Å². The van der Waals surface area contributed by atoms with Crippen molar-refractivity contribution in [2.75, 3.05) is 19.0 Å². The first-order chi connectivity index (χ1) is 10.7. The number of rotatable bonds is 5. The Bertz CT molecular complexity index is 522. The van der Waals surface area contributed by atoms with E-state index in [1.165, 1.54) is 19.3 Å². The third kappa shape index (κ3) is 4.03. The summed E-state index contributed by atoms with van der Waals surface area (Å²) < 4.78 is 5.20. The number of nitrogens with one attached hydrogen (secondary N) is 1. The number of hydrogen-bond donors (Lipinski definition) is 1. The quantitative estimate of drug-likeness (QED) is 0.821. The van der Waals surface area contributed by atoms with Crippen molar-refractivity contribution in [2.45, 2.75) is 45.1 Å². The second-order valence-corrected chi connectivity index (χ2v) is 5.84. The predicted molar refractivity (Wildman–Crippen MR) is 90.5 cm³/mol. The molecule has 22 heavy (non-hydrogen) atoms. The SMILES string of the molecule is C=CCN(C(=O)Nc1ccc(OC)cc1C)C1CCCCC1. The fourth-order valence-corrected chi connectivity index (χ4v) is 3.02. The van der Waals surface area contributed by atoms with E-state index in [2.05, 4.69) is 11.9 Å². The number of ether oxygens (including phenoxy) is 1. The third-order valence-electron chi connectivity index (χ3n) is 4.28. The molecule has 1 aromatic rings. The highest BCUT2D eigenvalue weighted by molar-refractivity contribution is 5.90. The second kappa shape index (κ2) is 7.87. The lowest BCUT2D eigenvalue weighted by molar-refractivity contribution is 0.176. The van der Waals surface area contributed by atoms with Crippen LogP contribution in [-0.2, 0) is 0 Å². The van der Waals surface area contributed by atoms with Crippen LogP contribution in [0.4, 0.5) is 10.5 Å². The summed E-state index contributed by atoms with van der Waals surface area (Å²) in [5.74, 6) is 0.797.